The van der Waals surface area contributed by atoms with Gasteiger partial charge in [0.25, 0.3) is 0 Å². The predicted octanol–water partition coefficient (Wildman–Crippen LogP) is 4.21. The van der Waals surface area contributed by atoms with Crippen molar-refractivity contribution in [3.63, 3.8) is 0 Å². The van der Waals surface area contributed by atoms with Crippen molar-refractivity contribution in [2.45, 2.75) is 31.8 Å². The third kappa shape index (κ3) is 4.39. The van der Waals surface area contributed by atoms with Crippen molar-refractivity contribution < 1.29 is 14.3 Å². The molecule has 1 amide bonds. The van der Waals surface area contributed by atoms with Crippen LogP contribution in [-0.4, -0.2) is 36.8 Å². The molecule has 32 heavy (non-hydrogen) atoms. The van der Waals surface area contributed by atoms with E-state index in [-0.39, 0.29) is 12.0 Å². The first-order valence-electron chi connectivity index (χ1n) is 11.3. The monoisotopic (exact) mass is 428 g/mol. The Morgan fingerprint density at radius 2 is 1.81 bits per heavy atom. The number of nitrogens with one attached hydrogen (secondary N) is 1. The van der Waals surface area contributed by atoms with E-state index < -0.39 is 5.41 Å². The summed E-state index contributed by atoms with van der Waals surface area (Å²) in [5.41, 5.74) is 4.19. The second kappa shape index (κ2) is 9.13. The molecule has 5 rings (SSSR count). The third-order valence-corrected chi connectivity index (χ3v) is 6.62. The molecule has 3 heterocycles. The number of ether oxygens (including phenoxy) is 2. The highest BCUT2D eigenvalue weighted by atomic mass is 16.5. The Morgan fingerprint density at radius 1 is 1.00 bits per heavy atom. The number of amides is 1. The minimum Gasteiger partial charge on any atom is -0.488 e. The molecular weight excluding hydrogens is 400 g/mol. The summed E-state index contributed by atoms with van der Waals surface area (Å²) in [5, 5.41) is 3.21. The lowest BCUT2D eigenvalue weighted by atomic mass is 9.74. The lowest BCUT2D eigenvalue weighted by molar-refractivity contribution is -0.137. The van der Waals surface area contributed by atoms with Gasteiger partial charge >= 0.3 is 0 Å². The SMILES string of the molecule is O=C(NC[C@H]1Cc2ccccc2O1)C1(Cc2cccc(-c3ccncc3)c2)CCOCC1. The number of pyridine rings is 1. The van der Waals surface area contributed by atoms with Crippen molar-refractivity contribution in [3.05, 3.63) is 84.2 Å². The maximum atomic E-state index is 13.5. The number of aromatic nitrogens is 1. The van der Waals surface area contributed by atoms with Gasteiger partial charge in [-0.05, 0) is 59.7 Å². The molecular formula is C27H28N2O3. The van der Waals surface area contributed by atoms with Crippen molar-refractivity contribution in [2.24, 2.45) is 5.41 Å². The highest BCUT2D eigenvalue weighted by Crippen LogP contribution is 2.36. The highest BCUT2D eigenvalue weighted by molar-refractivity contribution is 5.83. The van der Waals surface area contributed by atoms with Crippen molar-refractivity contribution in [1.29, 1.82) is 0 Å². The van der Waals surface area contributed by atoms with Crippen molar-refractivity contribution in [3.8, 4) is 16.9 Å². The summed E-state index contributed by atoms with van der Waals surface area (Å²) >= 11 is 0. The second-order valence-corrected chi connectivity index (χ2v) is 8.77. The van der Waals surface area contributed by atoms with Crippen LogP contribution < -0.4 is 10.1 Å². The summed E-state index contributed by atoms with van der Waals surface area (Å²) in [7, 11) is 0. The molecule has 2 aliphatic rings. The Bertz CT molecular complexity index is 1050. The minimum atomic E-state index is -0.458. The van der Waals surface area contributed by atoms with E-state index >= 15 is 0 Å². The Labute approximate surface area is 188 Å². The molecule has 5 nitrogen and oxygen atoms in total. The summed E-state index contributed by atoms with van der Waals surface area (Å²) in [4.78, 5) is 17.6. The number of nitrogens with zero attached hydrogens (tertiary/aromatic N) is 1. The van der Waals surface area contributed by atoms with Crippen LogP contribution in [0.4, 0.5) is 0 Å². The lowest BCUT2D eigenvalue weighted by Crippen LogP contribution is -2.48. The summed E-state index contributed by atoms with van der Waals surface area (Å²) in [6.45, 7) is 1.75. The molecule has 1 saturated heterocycles. The summed E-state index contributed by atoms with van der Waals surface area (Å²) in [6, 6.07) is 20.6. The van der Waals surface area contributed by atoms with E-state index in [1.807, 2.05) is 30.3 Å². The Hall–Kier alpha value is -3.18. The molecule has 0 aliphatic carbocycles. The van der Waals surface area contributed by atoms with E-state index in [2.05, 4.69) is 40.6 Å². The zero-order chi connectivity index (χ0) is 21.8. The van der Waals surface area contributed by atoms with Gasteiger partial charge in [-0.2, -0.15) is 0 Å². The first kappa shape index (κ1) is 20.7. The van der Waals surface area contributed by atoms with E-state index in [1.165, 1.54) is 11.1 Å². The van der Waals surface area contributed by atoms with E-state index in [0.717, 1.165) is 36.1 Å². The molecule has 0 saturated carbocycles. The van der Waals surface area contributed by atoms with Gasteiger partial charge in [-0.15, -0.1) is 0 Å². The van der Waals surface area contributed by atoms with E-state index in [1.54, 1.807) is 12.4 Å². The van der Waals surface area contributed by atoms with Crippen LogP contribution in [0.2, 0.25) is 0 Å². The number of fused-ring (bicyclic) bond motifs is 1. The van der Waals surface area contributed by atoms with Crippen LogP contribution in [0, 0.1) is 5.41 Å². The van der Waals surface area contributed by atoms with Gasteiger partial charge in [-0.3, -0.25) is 9.78 Å². The maximum Gasteiger partial charge on any atom is 0.226 e. The second-order valence-electron chi connectivity index (χ2n) is 8.77. The van der Waals surface area contributed by atoms with Crippen molar-refractivity contribution in [2.75, 3.05) is 19.8 Å². The minimum absolute atomic E-state index is 0.0109. The molecule has 1 aromatic heterocycles. The smallest absolute Gasteiger partial charge is 0.226 e. The number of carbonyl (C=O) groups is 1. The van der Waals surface area contributed by atoms with Crippen LogP contribution in [0.25, 0.3) is 11.1 Å². The average Bonchev–Trinajstić information content (AvgIpc) is 3.27. The number of carbonyl (C=O) groups excluding carboxylic acids is 1. The van der Waals surface area contributed by atoms with Gasteiger partial charge in [-0.25, -0.2) is 0 Å². The van der Waals surface area contributed by atoms with Crippen molar-refractivity contribution >= 4 is 5.91 Å². The van der Waals surface area contributed by atoms with Crippen LogP contribution in [-0.2, 0) is 22.4 Å². The fourth-order valence-corrected chi connectivity index (χ4v) is 4.80. The van der Waals surface area contributed by atoms with Gasteiger partial charge < -0.3 is 14.8 Å². The normalized spacial score (nSPS) is 19.1. The Morgan fingerprint density at radius 3 is 2.62 bits per heavy atom. The molecule has 2 aromatic carbocycles. The topological polar surface area (TPSA) is 60.5 Å². The number of benzene rings is 2. The molecule has 3 aromatic rings. The zero-order valence-corrected chi connectivity index (χ0v) is 18.1. The first-order chi connectivity index (χ1) is 15.7. The lowest BCUT2D eigenvalue weighted by Gasteiger charge is -2.36. The first-order valence-corrected chi connectivity index (χ1v) is 11.3. The molecule has 5 heteroatoms. The van der Waals surface area contributed by atoms with Gasteiger partial charge in [0.2, 0.25) is 5.91 Å². The van der Waals surface area contributed by atoms with Crippen LogP contribution in [0.1, 0.15) is 24.0 Å². The molecule has 0 unspecified atom stereocenters. The maximum absolute atomic E-state index is 13.5. The number of hydrogen-bond acceptors (Lipinski definition) is 4. The van der Waals surface area contributed by atoms with Gasteiger partial charge in [0.15, 0.2) is 0 Å². The summed E-state index contributed by atoms with van der Waals surface area (Å²) in [6.07, 6.45) is 6.59. The molecule has 1 fully saturated rings. The Kier molecular flexibility index (Phi) is 5.91. The zero-order valence-electron chi connectivity index (χ0n) is 18.1. The Balaban J connectivity index is 1.29. The quantitative estimate of drug-likeness (QED) is 0.639. The molecule has 0 radical (unpaired) electrons. The van der Waals surface area contributed by atoms with E-state index in [9.17, 15) is 4.79 Å². The van der Waals surface area contributed by atoms with Crippen molar-refractivity contribution in [1.82, 2.24) is 10.3 Å². The molecule has 0 bridgehead atoms. The summed E-state index contributed by atoms with van der Waals surface area (Å²) in [5.74, 6) is 1.04. The predicted molar refractivity (Wildman–Crippen MR) is 123 cm³/mol. The van der Waals surface area contributed by atoms with Crippen LogP contribution in [0.5, 0.6) is 5.75 Å². The average molecular weight is 429 g/mol. The van der Waals surface area contributed by atoms with E-state index in [0.29, 0.717) is 26.2 Å². The number of rotatable bonds is 6. The van der Waals surface area contributed by atoms with Crippen LogP contribution in [0.15, 0.2) is 73.1 Å². The third-order valence-electron chi connectivity index (χ3n) is 6.62. The molecule has 164 valence electrons. The largest absolute Gasteiger partial charge is 0.488 e. The molecule has 2 aliphatic heterocycles. The van der Waals surface area contributed by atoms with Gasteiger partial charge in [0, 0.05) is 32.0 Å². The van der Waals surface area contributed by atoms with Gasteiger partial charge in [0.1, 0.15) is 11.9 Å². The fraction of sp³-hybridized carbons (Fsp3) is 0.333. The highest BCUT2D eigenvalue weighted by Gasteiger charge is 2.40. The molecule has 1 atom stereocenters. The van der Waals surface area contributed by atoms with Gasteiger partial charge in [-0.1, -0.05) is 42.5 Å². The number of para-hydroxylation sites is 1. The van der Waals surface area contributed by atoms with Crippen LogP contribution >= 0.6 is 0 Å². The number of hydrogen-bond donors (Lipinski definition) is 1. The van der Waals surface area contributed by atoms with Crippen LogP contribution in [0.3, 0.4) is 0 Å². The fourth-order valence-electron chi connectivity index (χ4n) is 4.80. The standard InChI is InChI=1S/C27H28N2O3/c30-26(29-19-24-17-23-5-1-2-7-25(23)32-24)27(10-14-31-15-11-27)18-20-4-3-6-22(16-20)21-8-12-28-13-9-21/h1-9,12-13,16,24H,10-11,14-15,17-19H2,(H,29,30)/t24-/m1/s1. The molecule has 0 spiro atoms. The van der Waals surface area contributed by atoms with E-state index in [4.69, 9.17) is 9.47 Å². The van der Waals surface area contributed by atoms with Gasteiger partial charge in [0.05, 0.1) is 12.0 Å². The molecule has 1 N–H and O–H groups in total. The summed E-state index contributed by atoms with van der Waals surface area (Å²) < 4.78 is 11.6.